The second-order valence-electron chi connectivity index (χ2n) is 4.19. The molecule has 0 saturated heterocycles. The highest BCUT2D eigenvalue weighted by atomic mass is 14.9. The van der Waals surface area contributed by atoms with Gasteiger partial charge in [-0.15, -0.1) is 0 Å². The van der Waals surface area contributed by atoms with E-state index in [-0.39, 0.29) is 6.04 Å². The van der Waals surface area contributed by atoms with Gasteiger partial charge in [-0.2, -0.15) is 0 Å². The van der Waals surface area contributed by atoms with Gasteiger partial charge in [-0.05, 0) is 42.3 Å². The molecule has 0 aromatic carbocycles. The molecule has 0 bridgehead atoms. The number of hydrogen-bond donors (Lipinski definition) is 2. The first kappa shape index (κ1) is 12.5. The van der Waals surface area contributed by atoms with Gasteiger partial charge < -0.3 is 11.1 Å². The van der Waals surface area contributed by atoms with Crippen LogP contribution >= 0.6 is 0 Å². The summed E-state index contributed by atoms with van der Waals surface area (Å²) in [6.07, 6.45) is 6.32. The van der Waals surface area contributed by atoms with E-state index in [4.69, 9.17) is 5.73 Å². The molecule has 18 heavy (non-hydrogen) atoms. The van der Waals surface area contributed by atoms with Crippen molar-refractivity contribution in [2.24, 2.45) is 0 Å². The Morgan fingerprint density at radius 2 is 2.22 bits per heavy atom. The van der Waals surface area contributed by atoms with Gasteiger partial charge in [0.15, 0.2) is 0 Å². The number of nitrogen functional groups attached to an aromatic ring is 1. The molecule has 1 atom stereocenters. The van der Waals surface area contributed by atoms with Crippen molar-refractivity contribution in [3.8, 4) is 0 Å². The molecule has 0 fully saturated rings. The maximum Gasteiger partial charge on any atom is 0.123 e. The number of nitrogens with one attached hydrogen (secondary N) is 1. The number of nitrogens with zero attached hydrogens (tertiary/aromatic N) is 2. The molecule has 0 amide bonds. The van der Waals surface area contributed by atoms with Gasteiger partial charge in [0, 0.05) is 24.6 Å². The van der Waals surface area contributed by atoms with Crippen LogP contribution in [0.1, 0.15) is 24.1 Å². The number of rotatable bonds is 5. The summed E-state index contributed by atoms with van der Waals surface area (Å²) in [4.78, 5) is 8.18. The zero-order valence-corrected chi connectivity index (χ0v) is 10.5. The van der Waals surface area contributed by atoms with Gasteiger partial charge in [-0.25, -0.2) is 4.98 Å². The van der Waals surface area contributed by atoms with Crippen molar-refractivity contribution in [2.75, 3.05) is 12.3 Å². The highest BCUT2D eigenvalue weighted by Crippen LogP contribution is 2.18. The Bertz CT molecular complexity index is 484. The van der Waals surface area contributed by atoms with E-state index in [0.717, 1.165) is 13.0 Å². The van der Waals surface area contributed by atoms with E-state index >= 15 is 0 Å². The van der Waals surface area contributed by atoms with E-state index < -0.39 is 0 Å². The number of aromatic nitrogens is 2. The predicted octanol–water partition coefficient (Wildman–Crippen LogP) is 1.95. The second-order valence-corrected chi connectivity index (χ2v) is 4.19. The minimum absolute atomic E-state index is 0.255. The molecule has 0 radical (unpaired) electrons. The van der Waals surface area contributed by atoms with Crippen LogP contribution in [0.25, 0.3) is 0 Å². The normalized spacial score (nSPS) is 12.3. The van der Waals surface area contributed by atoms with Crippen molar-refractivity contribution >= 4 is 5.82 Å². The van der Waals surface area contributed by atoms with Crippen molar-refractivity contribution in [3.63, 3.8) is 0 Å². The van der Waals surface area contributed by atoms with Crippen LogP contribution in [0.15, 0.2) is 42.9 Å². The molecule has 0 spiro atoms. The minimum Gasteiger partial charge on any atom is -0.384 e. The first-order valence-electron chi connectivity index (χ1n) is 6.13. The van der Waals surface area contributed by atoms with Crippen LogP contribution in [0.3, 0.4) is 0 Å². The summed E-state index contributed by atoms with van der Waals surface area (Å²) in [5, 5.41) is 3.47. The van der Waals surface area contributed by atoms with Gasteiger partial charge in [-0.1, -0.05) is 13.0 Å². The second kappa shape index (κ2) is 6.12. The van der Waals surface area contributed by atoms with Crippen molar-refractivity contribution in [3.05, 3.63) is 54.0 Å². The van der Waals surface area contributed by atoms with Crippen LogP contribution in [0, 0.1) is 0 Å². The maximum atomic E-state index is 5.70. The molecule has 2 rings (SSSR count). The van der Waals surface area contributed by atoms with E-state index in [1.807, 2.05) is 24.4 Å². The Balaban J connectivity index is 2.16. The van der Waals surface area contributed by atoms with Crippen LogP contribution in [0.4, 0.5) is 5.82 Å². The first-order chi connectivity index (χ1) is 8.79. The molecule has 3 N–H and O–H groups in total. The summed E-state index contributed by atoms with van der Waals surface area (Å²) in [6, 6.07) is 8.22. The molecule has 2 aromatic heterocycles. The van der Waals surface area contributed by atoms with E-state index in [0.29, 0.717) is 5.82 Å². The van der Waals surface area contributed by atoms with E-state index in [1.54, 1.807) is 12.4 Å². The average Bonchev–Trinajstić information content (AvgIpc) is 2.39. The summed E-state index contributed by atoms with van der Waals surface area (Å²) >= 11 is 0. The maximum absolute atomic E-state index is 5.70. The SMILES string of the molecule is CCNC(Cc1ccnc(N)c1)c1cccnc1. The van der Waals surface area contributed by atoms with Crippen LogP contribution in [0.2, 0.25) is 0 Å². The highest BCUT2D eigenvalue weighted by Gasteiger charge is 2.11. The van der Waals surface area contributed by atoms with Crippen LogP contribution in [0.5, 0.6) is 0 Å². The lowest BCUT2D eigenvalue weighted by Crippen LogP contribution is -2.23. The van der Waals surface area contributed by atoms with Crippen molar-refractivity contribution in [1.82, 2.24) is 15.3 Å². The van der Waals surface area contributed by atoms with Gasteiger partial charge in [0.05, 0.1) is 0 Å². The van der Waals surface area contributed by atoms with E-state index in [9.17, 15) is 0 Å². The number of pyridine rings is 2. The molecule has 2 aromatic rings. The fourth-order valence-electron chi connectivity index (χ4n) is 1.99. The minimum atomic E-state index is 0.255. The molecule has 0 aliphatic heterocycles. The number of hydrogen-bond acceptors (Lipinski definition) is 4. The standard InChI is InChI=1S/C14H18N4/c1-2-17-13(12-4-3-6-16-10-12)8-11-5-7-18-14(15)9-11/h3-7,9-10,13,17H,2,8H2,1H3,(H2,15,18). The Labute approximate surface area is 107 Å². The summed E-state index contributed by atoms with van der Waals surface area (Å²) in [5.74, 6) is 0.564. The zero-order valence-electron chi connectivity index (χ0n) is 10.5. The molecule has 94 valence electrons. The molecular weight excluding hydrogens is 224 g/mol. The Kier molecular flexibility index (Phi) is 4.25. The Morgan fingerprint density at radius 1 is 1.33 bits per heavy atom. The van der Waals surface area contributed by atoms with Gasteiger partial charge in [-0.3, -0.25) is 4.98 Å². The third-order valence-corrected chi connectivity index (χ3v) is 2.82. The quantitative estimate of drug-likeness (QED) is 0.841. The van der Waals surface area contributed by atoms with E-state index in [1.165, 1.54) is 11.1 Å². The summed E-state index contributed by atoms with van der Waals surface area (Å²) in [7, 11) is 0. The lowest BCUT2D eigenvalue weighted by atomic mass is 10.0. The van der Waals surface area contributed by atoms with Crippen LogP contribution < -0.4 is 11.1 Å². The fourth-order valence-corrected chi connectivity index (χ4v) is 1.99. The van der Waals surface area contributed by atoms with E-state index in [2.05, 4.69) is 28.3 Å². The average molecular weight is 242 g/mol. The largest absolute Gasteiger partial charge is 0.384 e. The molecule has 1 unspecified atom stereocenters. The van der Waals surface area contributed by atoms with Gasteiger partial charge in [0.1, 0.15) is 5.82 Å². The molecule has 0 aliphatic rings. The zero-order chi connectivity index (χ0) is 12.8. The lowest BCUT2D eigenvalue weighted by Gasteiger charge is -2.18. The Hall–Kier alpha value is -1.94. The molecular formula is C14H18N4. The number of nitrogens with two attached hydrogens (primary N) is 1. The Morgan fingerprint density at radius 3 is 2.89 bits per heavy atom. The van der Waals surface area contributed by atoms with Gasteiger partial charge in [0.2, 0.25) is 0 Å². The first-order valence-corrected chi connectivity index (χ1v) is 6.13. The van der Waals surface area contributed by atoms with Crippen LogP contribution in [-0.2, 0) is 6.42 Å². The van der Waals surface area contributed by atoms with Crippen LogP contribution in [-0.4, -0.2) is 16.5 Å². The smallest absolute Gasteiger partial charge is 0.123 e. The van der Waals surface area contributed by atoms with Crippen molar-refractivity contribution in [1.29, 1.82) is 0 Å². The molecule has 0 saturated carbocycles. The lowest BCUT2D eigenvalue weighted by molar-refractivity contribution is 0.548. The number of anilines is 1. The molecule has 4 nitrogen and oxygen atoms in total. The third kappa shape index (κ3) is 3.28. The fraction of sp³-hybridized carbons (Fsp3) is 0.286. The van der Waals surface area contributed by atoms with Crippen molar-refractivity contribution < 1.29 is 0 Å². The molecule has 4 heteroatoms. The third-order valence-electron chi connectivity index (χ3n) is 2.82. The summed E-state index contributed by atoms with van der Waals surface area (Å²) < 4.78 is 0. The molecule has 0 aliphatic carbocycles. The predicted molar refractivity (Wildman–Crippen MR) is 73.0 cm³/mol. The van der Waals surface area contributed by atoms with Gasteiger partial charge in [0.25, 0.3) is 0 Å². The summed E-state index contributed by atoms with van der Waals surface area (Å²) in [6.45, 7) is 3.02. The highest BCUT2D eigenvalue weighted by molar-refractivity contribution is 5.33. The van der Waals surface area contributed by atoms with Crippen molar-refractivity contribution in [2.45, 2.75) is 19.4 Å². The number of likely N-dealkylation sites (N-methyl/N-ethyl adjacent to an activating group) is 1. The monoisotopic (exact) mass is 242 g/mol. The topological polar surface area (TPSA) is 63.8 Å². The molecule has 2 heterocycles. The summed E-state index contributed by atoms with van der Waals surface area (Å²) in [5.41, 5.74) is 8.07. The van der Waals surface area contributed by atoms with Gasteiger partial charge >= 0.3 is 0 Å².